The first-order chi connectivity index (χ1) is 33.5. The molecule has 0 saturated carbocycles. The van der Waals surface area contributed by atoms with Crippen molar-refractivity contribution in [1.82, 2.24) is 26.6 Å². The Labute approximate surface area is 420 Å². The van der Waals surface area contributed by atoms with E-state index in [0.29, 0.717) is 77.4 Å². The predicted octanol–water partition coefficient (Wildman–Crippen LogP) is 8.27. The van der Waals surface area contributed by atoms with Crippen molar-refractivity contribution >= 4 is 35.4 Å². The molecule has 0 aromatic carbocycles. The average Bonchev–Trinajstić information content (AvgIpc) is 3.33. The zero-order valence-corrected chi connectivity index (χ0v) is 44.3. The molecule has 0 aromatic heterocycles. The maximum Gasteiger partial charge on any atom is 0.243 e. The monoisotopic (exact) mass is 978 g/mol. The first-order valence-electron chi connectivity index (χ1n) is 28.4. The molecule has 0 fully saturated rings. The number of carbonyl (C=O) groups is 6. The summed E-state index contributed by atoms with van der Waals surface area (Å²) in [5.41, 5.74) is 22.8. The number of primary amides is 1. The van der Waals surface area contributed by atoms with Crippen molar-refractivity contribution in [2.45, 2.75) is 282 Å². The van der Waals surface area contributed by atoms with Crippen molar-refractivity contribution in [1.29, 1.82) is 0 Å². The maximum atomic E-state index is 14.1. The molecule has 4 atom stereocenters. The highest BCUT2D eigenvalue weighted by atomic mass is 16.2. The van der Waals surface area contributed by atoms with Crippen LogP contribution >= 0.6 is 0 Å². The van der Waals surface area contributed by atoms with Gasteiger partial charge >= 0.3 is 0 Å². The van der Waals surface area contributed by atoms with E-state index in [4.69, 9.17) is 22.9 Å². The van der Waals surface area contributed by atoms with E-state index < -0.39 is 47.8 Å². The molecule has 0 heterocycles. The van der Waals surface area contributed by atoms with Gasteiger partial charge < -0.3 is 49.5 Å². The summed E-state index contributed by atoms with van der Waals surface area (Å²) < 4.78 is 0. The van der Waals surface area contributed by atoms with Crippen LogP contribution in [0.5, 0.6) is 0 Å². The van der Waals surface area contributed by atoms with E-state index in [2.05, 4.69) is 40.4 Å². The second-order valence-corrected chi connectivity index (χ2v) is 19.7. The minimum absolute atomic E-state index is 0.0912. The fraction of sp³-hybridized carbons (Fsp3) is 0.889. The molecule has 0 rings (SSSR count). The Kier molecular flexibility index (Phi) is 46.0. The number of hydrogen-bond donors (Lipinski definition) is 9. The van der Waals surface area contributed by atoms with Gasteiger partial charge in [0.05, 0.1) is 0 Å². The quantitative estimate of drug-likeness (QED) is 0.0265. The summed E-state index contributed by atoms with van der Waals surface area (Å²) in [6, 6.07) is -4.00. The highest BCUT2D eigenvalue weighted by Gasteiger charge is 2.31. The van der Waals surface area contributed by atoms with Crippen molar-refractivity contribution in [3.63, 3.8) is 0 Å². The van der Waals surface area contributed by atoms with Crippen molar-refractivity contribution in [2.24, 2.45) is 22.9 Å². The van der Waals surface area contributed by atoms with Gasteiger partial charge in [0.1, 0.15) is 24.2 Å². The van der Waals surface area contributed by atoms with Crippen LogP contribution in [-0.2, 0) is 28.8 Å². The van der Waals surface area contributed by atoms with E-state index >= 15 is 0 Å². The summed E-state index contributed by atoms with van der Waals surface area (Å²) >= 11 is 0. The third-order valence-electron chi connectivity index (χ3n) is 13.2. The summed E-state index contributed by atoms with van der Waals surface area (Å²) in [7, 11) is 0. The lowest BCUT2D eigenvalue weighted by Gasteiger charge is -2.26. The van der Waals surface area contributed by atoms with Gasteiger partial charge in [-0.15, -0.1) is 0 Å². The van der Waals surface area contributed by atoms with Gasteiger partial charge in [-0.3, -0.25) is 28.8 Å². The van der Waals surface area contributed by atoms with Gasteiger partial charge in [0, 0.05) is 19.4 Å². The molecule has 0 radical (unpaired) electrons. The Morgan fingerprint density at radius 3 is 0.957 bits per heavy atom. The van der Waals surface area contributed by atoms with Crippen LogP contribution in [-0.4, -0.2) is 85.8 Å². The van der Waals surface area contributed by atoms with Gasteiger partial charge in [-0.05, 0) is 96.7 Å². The lowest BCUT2D eigenvalue weighted by Crippen LogP contribution is -2.58. The fourth-order valence-electron chi connectivity index (χ4n) is 8.70. The first-order valence-corrected chi connectivity index (χ1v) is 28.4. The summed E-state index contributed by atoms with van der Waals surface area (Å²) in [5.74, 6) is -2.71. The minimum atomic E-state index is -1.05. The molecule has 0 saturated heterocycles. The SMILES string of the molecule is CCCCCCCCCCCCCCCC(=O)NCCC(NC(=O)CCCCCCCCCCCCCCC)C(=O)N[C@@H](CCCCN)C(=O)N[C@@H](CCCCN)C(=O)N[C@@H](CCCCN)C(N)=O. The minimum Gasteiger partial charge on any atom is -0.368 e. The Morgan fingerprint density at radius 2 is 0.623 bits per heavy atom. The van der Waals surface area contributed by atoms with Crippen LogP contribution in [0.25, 0.3) is 0 Å². The van der Waals surface area contributed by atoms with Gasteiger partial charge in [0.2, 0.25) is 35.4 Å². The summed E-state index contributed by atoms with van der Waals surface area (Å²) in [6.07, 6.45) is 36.5. The second kappa shape index (κ2) is 48.3. The smallest absolute Gasteiger partial charge is 0.243 e. The zero-order chi connectivity index (χ0) is 51.0. The molecule has 404 valence electrons. The molecule has 15 heteroatoms. The molecule has 0 aromatic rings. The summed E-state index contributed by atoms with van der Waals surface area (Å²) in [4.78, 5) is 80.1. The number of nitrogens with two attached hydrogens (primary N) is 4. The molecule has 13 N–H and O–H groups in total. The van der Waals surface area contributed by atoms with Gasteiger partial charge in [-0.25, -0.2) is 0 Å². The van der Waals surface area contributed by atoms with Crippen LogP contribution in [0.2, 0.25) is 0 Å². The highest BCUT2D eigenvalue weighted by Crippen LogP contribution is 2.15. The third kappa shape index (κ3) is 40.0. The Morgan fingerprint density at radius 1 is 0.333 bits per heavy atom. The van der Waals surface area contributed by atoms with Crippen LogP contribution < -0.4 is 49.5 Å². The average molecular weight is 979 g/mol. The molecule has 6 amide bonds. The van der Waals surface area contributed by atoms with Gasteiger partial charge in [-0.2, -0.15) is 0 Å². The van der Waals surface area contributed by atoms with Gasteiger partial charge in [-0.1, -0.05) is 168 Å². The second-order valence-electron chi connectivity index (χ2n) is 19.7. The van der Waals surface area contributed by atoms with Gasteiger partial charge in [0.15, 0.2) is 0 Å². The molecular formula is C54H107N9O6. The third-order valence-corrected chi connectivity index (χ3v) is 13.2. The van der Waals surface area contributed by atoms with Crippen LogP contribution in [0, 0.1) is 0 Å². The number of amides is 6. The first kappa shape index (κ1) is 65.7. The molecule has 15 nitrogen and oxygen atoms in total. The molecule has 0 spiro atoms. The number of carbonyl (C=O) groups excluding carboxylic acids is 6. The van der Waals surface area contributed by atoms with E-state index in [1.165, 1.54) is 122 Å². The Hall–Kier alpha value is -3.30. The normalized spacial score (nSPS) is 13.0. The Bertz CT molecular complexity index is 1290. The van der Waals surface area contributed by atoms with E-state index in [9.17, 15) is 28.8 Å². The van der Waals surface area contributed by atoms with Crippen LogP contribution in [0.4, 0.5) is 0 Å². The molecule has 0 bridgehead atoms. The van der Waals surface area contributed by atoms with E-state index in [1.54, 1.807) is 0 Å². The van der Waals surface area contributed by atoms with Crippen LogP contribution in [0.1, 0.15) is 258 Å². The van der Waals surface area contributed by atoms with E-state index in [1.807, 2.05) is 0 Å². The van der Waals surface area contributed by atoms with Crippen molar-refractivity contribution in [3.8, 4) is 0 Å². The predicted molar refractivity (Wildman–Crippen MR) is 284 cm³/mol. The highest BCUT2D eigenvalue weighted by molar-refractivity contribution is 5.95. The van der Waals surface area contributed by atoms with E-state index in [0.717, 1.165) is 38.5 Å². The lowest BCUT2D eigenvalue weighted by molar-refractivity contribution is -0.134. The van der Waals surface area contributed by atoms with Crippen LogP contribution in [0.15, 0.2) is 0 Å². The molecule has 1 unspecified atom stereocenters. The van der Waals surface area contributed by atoms with Crippen molar-refractivity contribution in [3.05, 3.63) is 0 Å². The van der Waals surface area contributed by atoms with Crippen LogP contribution in [0.3, 0.4) is 0 Å². The summed E-state index contributed by atoms with van der Waals surface area (Å²) in [6.45, 7) is 5.89. The lowest BCUT2D eigenvalue weighted by atomic mass is 10.0. The van der Waals surface area contributed by atoms with E-state index in [-0.39, 0.29) is 44.0 Å². The molecule has 69 heavy (non-hydrogen) atoms. The van der Waals surface area contributed by atoms with Crippen molar-refractivity contribution in [2.75, 3.05) is 26.2 Å². The maximum absolute atomic E-state index is 14.1. The molecular weight excluding hydrogens is 871 g/mol. The number of rotatable bonds is 51. The largest absolute Gasteiger partial charge is 0.368 e. The Balaban J connectivity index is 5.57. The topological polar surface area (TPSA) is 267 Å². The standard InChI is InChI=1S/C54H107N9O6/c1-3-5-7-9-11-13-15-17-19-21-23-25-27-38-49(64)59-44-40-48(60-50(65)39-28-26-24-22-20-18-16-14-12-10-8-6-4-2)54(69)63-47(37-31-34-43-57)53(68)62-46(36-30-33-42-56)52(67)61-45(51(58)66)35-29-32-41-55/h45-48H,3-44,55-57H2,1-2H3,(H2,58,66)(H,59,64)(H,60,65)(H,61,67)(H,62,68)(H,63,69)/t45-,46-,47-,48?/m0/s1. The van der Waals surface area contributed by atoms with Gasteiger partial charge in [0.25, 0.3) is 0 Å². The number of hydrogen-bond acceptors (Lipinski definition) is 9. The fourth-order valence-corrected chi connectivity index (χ4v) is 8.70. The molecule has 0 aliphatic heterocycles. The zero-order valence-electron chi connectivity index (χ0n) is 44.3. The number of nitrogens with one attached hydrogen (secondary N) is 5. The molecule has 0 aliphatic carbocycles. The number of unbranched alkanes of at least 4 members (excludes halogenated alkanes) is 27. The molecule has 0 aliphatic rings. The summed E-state index contributed by atoms with van der Waals surface area (Å²) in [5, 5.41) is 14.2. The van der Waals surface area contributed by atoms with Crippen molar-refractivity contribution < 1.29 is 28.8 Å².